The zero-order chi connectivity index (χ0) is 12.3. The number of halogens is 2. The summed E-state index contributed by atoms with van der Waals surface area (Å²) in [4.78, 5) is 2.05. The average Bonchev–Trinajstić information content (AvgIpc) is 2.39. The van der Waals surface area contributed by atoms with Gasteiger partial charge in [-0.25, -0.2) is 4.39 Å². The Morgan fingerprint density at radius 1 is 1.12 bits per heavy atom. The fourth-order valence-corrected chi connectivity index (χ4v) is 2.23. The van der Waals surface area contributed by atoms with E-state index in [0.29, 0.717) is 5.33 Å². The van der Waals surface area contributed by atoms with E-state index < -0.39 is 0 Å². The normalized spacial score (nSPS) is 10.3. The van der Waals surface area contributed by atoms with Gasteiger partial charge in [-0.2, -0.15) is 0 Å². The molecule has 2 aromatic rings. The van der Waals surface area contributed by atoms with Gasteiger partial charge in [-0.05, 0) is 35.9 Å². The second kappa shape index (κ2) is 5.32. The average molecular weight is 294 g/mol. The summed E-state index contributed by atoms with van der Waals surface area (Å²) in [6.07, 6.45) is 0. The van der Waals surface area contributed by atoms with Crippen LogP contribution in [0.25, 0.3) is 0 Å². The van der Waals surface area contributed by atoms with Gasteiger partial charge in [-0.1, -0.05) is 34.1 Å². The quantitative estimate of drug-likeness (QED) is 0.754. The minimum atomic E-state index is -0.204. The molecule has 0 aromatic heterocycles. The predicted octanol–water partition coefficient (Wildman–Crippen LogP) is 4.49. The molecule has 0 saturated carbocycles. The standard InChI is InChI=1S/C14H13BrFN/c1-17(13-5-3-2-4-6-13)14-8-7-12(16)9-11(14)10-15/h2-9H,10H2,1H3. The molecule has 0 aliphatic carbocycles. The molecule has 0 spiro atoms. The molecule has 0 aliphatic heterocycles. The van der Waals surface area contributed by atoms with E-state index >= 15 is 0 Å². The van der Waals surface area contributed by atoms with Crippen LogP contribution in [0.3, 0.4) is 0 Å². The highest BCUT2D eigenvalue weighted by atomic mass is 79.9. The molecule has 0 bridgehead atoms. The van der Waals surface area contributed by atoms with E-state index in [1.54, 1.807) is 12.1 Å². The topological polar surface area (TPSA) is 3.24 Å². The van der Waals surface area contributed by atoms with Crippen molar-refractivity contribution in [2.75, 3.05) is 11.9 Å². The van der Waals surface area contributed by atoms with Gasteiger partial charge in [-0.3, -0.25) is 0 Å². The number of rotatable bonds is 3. The fourth-order valence-electron chi connectivity index (χ4n) is 1.78. The van der Waals surface area contributed by atoms with E-state index in [2.05, 4.69) is 20.8 Å². The summed E-state index contributed by atoms with van der Waals surface area (Å²) in [5.74, 6) is -0.204. The van der Waals surface area contributed by atoms with Crippen LogP contribution in [0.1, 0.15) is 5.56 Å². The zero-order valence-electron chi connectivity index (χ0n) is 9.53. The van der Waals surface area contributed by atoms with Crippen LogP contribution >= 0.6 is 15.9 Å². The van der Waals surface area contributed by atoms with Gasteiger partial charge < -0.3 is 4.90 Å². The lowest BCUT2D eigenvalue weighted by Crippen LogP contribution is -2.11. The van der Waals surface area contributed by atoms with E-state index in [4.69, 9.17) is 0 Å². The highest BCUT2D eigenvalue weighted by molar-refractivity contribution is 9.08. The molecule has 0 amide bonds. The molecule has 88 valence electrons. The number of nitrogens with zero attached hydrogens (tertiary/aromatic N) is 1. The summed E-state index contributed by atoms with van der Waals surface area (Å²) in [7, 11) is 1.98. The third kappa shape index (κ3) is 2.67. The predicted molar refractivity (Wildman–Crippen MR) is 73.5 cm³/mol. The Balaban J connectivity index is 2.40. The molecule has 0 N–H and O–H groups in total. The second-order valence-electron chi connectivity index (χ2n) is 3.80. The molecule has 3 heteroatoms. The zero-order valence-corrected chi connectivity index (χ0v) is 11.1. The molecule has 17 heavy (non-hydrogen) atoms. The van der Waals surface area contributed by atoms with Crippen molar-refractivity contribution < 1.29 is 4.39 Å². The molecule has 2 rings (SSSR count). The van der Waals surface area contributed by atoms with Crippen LogP contribution in [0.5, 0.6) is 0 Å². The third-order valence-electron chi connectivity index (χ3n) is 2.69. The monoisotopic (exact) mass is 293 g/mol. The highest BCUT2D eigenvalue weighted by Gasteiger charge is 2.09. The number of alkyl halides is 1. The van der Waals surface area contributed by atoms with Gasteiger partial charge in [0.05, 0.1) is 0 Å². The number of hydrogen-bond acceptors (Lipinski definition) is 1. The number of anilines is 2. The number of hydrogen-bond donors (Lipinski definition) is 0. The molecule has 0 saturated heterocycles. The Bertz CT molecular complexity index is 499. The molecular formula is C14H13BrFN. The number of para-hydroxylation sites is 1. The van der Waals surface area contributed by atoms with Crippen molar-refractivity contribution in [2.24, 2.45) is 0 Å². The molecule has 2 aromatic carbocycles. The van der Waals surface area contributed by atoms with Crippen molar-refractivity contribution in [3.63, 3.8) is 0 Å². The summed E-state index contributed by atoms with van der Waals surface area (Å²) in [5.41, 5.74) is 3.03. The van der Waals surface area contributed by atoms with Crippen LogP contribution in [-0.4, -0.2) is 7.05 Å². The lowest BCUT2D eigenvalue weighted by Gasteiger charge is -2.22. The first kappa shape index (κ1) is 12.1. The highest BCUT2D eigenvalue weighted by Crippen LogP contribution is 2.28. The second-order valence-corrected chi connectivity index (χ2v) is 4.36. The van der Waals surface area contributed by atoms with Crippen molar-refractivity contribution in [3.05, 3.63) is 59.9 Å². The van der Waals surface area contributed by atoms with E-state index in [-0.39, 0.29) is 5.82 Å². The Morgan fingerprint density at radius 3 is 2.47 bits per heavy atom. The van der Waals surface area contributed by atoms with Crippen molar-refractivity contribution in [1.29, 1.82) is 0 Å². The molecule has 0 fully saturated rings. The molecule has 0 heterocycles. The van der Waals surface area contributed by atoms with Gasteiger partial charge in [-0.15, -0.1) is 0 Å². The van der Waals surface area contributed by atoms with Gasteiger partial charge in [0.1, 0.15) is 5.82 Å². The first-order chi connectivity index (χ1) is 8.22. The van der Waals surface area contributed by atoms with Crippen LogP contribution < -0.4 is 4.90 Å². The largest absolute Gasteiger partial charge is 0.344 e. The van der Waals surface area contributed by atoms with Crippen molar-refractivity contribution >= 4 is 27.3 Å². The van der Waals surface area contributed by atoms with Crippen LogP contribution in [0, 0.1) is 5.82 Å². The summed E-state index contributed by atoms with van der Waals surface area (Å²) >= 11 is 3.39. The molecule has 1 nitrogen and oxygen atoms in total. The Kier molecular flexibility index (Phi) is 3.79. The summed E-state index contributed by atoms with van der Waals surface area (Å²) in [6, 6.07) is 14.9. The summed E-state index contributed by atoms with van der Waals surface area (Å²) in [6.45, 7) is 0. The van der Waals surface area contributed by atoms with Crippen LogP contribution in [-0.2, 0) is 5.33 Å². The minimum absolute atomic E-state index is 0.204. The minimum Gasteiger partial charge on any atom is -0.344 e. The van der Waals surface area contributed by atoms with E-state index in [1.165, 1.54) is 6.07 Å². The molecule has 0 radical (unpaired) electrons. The van der Waals surface area contributed by atoms with E-state index in [9.17, 15) is 4.39 Å². The Labute approximate surface area is 109 Å². The lowest BCUT2D eigenvalue weighted by atomic mass is 10.1. The molecule has 0 unspecified atom stereocenters. The Hall–Kier alpha value is -1.35. The van der Waals surface area contributed by atoms with Crippen LogP contribution in [0.15, 0.2) is 48.5 Å². The lowest BCUT2D eigenvalue weighted by molar-refractivity contribution is 0.626. The third-order valence-corrected chi connectivity index (χ3v) is 3.29. The van der Waals surface area contributed by atoms with E-state index in [1.807, 2.05) is 37.4 Å². The van der Waals surface area contributed by atoms with Gasteiger partial charge in [0.15, 0.2) is 0 Å². The van der Waals surface area contributed by atoms with Gasteiger partial charge in [0, 0.05) is 23.8 Å². The smallest absolute Gasteiger partial charge is 0.123 e. The molecule has 0 aliphatic rings. The van der Waals surface area contributed by atoms with Crippen LogP contribution in [0.4, 0.5) is 15.8 Å². The van der Waals surface area contributed by atoms with Crippen molar-refractivity contribution in [2.45, 2.75) is 5.33 Å². The Morgan fingerprint density at radius 2 is 1.82 bits per heavy atom. The maximum absolute atomic E-state index is 13.2. The van der Waals surface area contributed by atoms with Crippen LogP contribution in [0.2, 0.25) is 0 Å². The number of benzene rings is 2. The van der Waals surface area contributed by atoms with Crippen molar-refractivity contribution in [1.82, 2.24) is 0 Å². The summed E-state index contributed by atoms with van der Waals surface area (Å²) in [5, 5.41) is 0.636. The van der Waals surface area contributed by atoms with E-state index in [0.717, 1.165) is 16.9 Å². The van der Waals surface area contributed by atoms with Gasteiger partial charge in [0.25, 0.3) is 0 Å². The first-order valence-corrected chi connectivity index (χ1v) is 6.47. The SMILES string of the molecule is CN(c1ccccc1)c1ccc(F)cc1CBr. The first-order valence-electron chi connectivity index (χ1n) is 5.35. The fraction of sp³-hybridized carbons (Fsp3) is 0.143. The maximum atomic E-state index is 13.2. The molecule has 0 atom stereocenters. The van der Waals surface area contributed by atoms with Gasteiger partial charge >= 0.3 is 0 Å². The molecular weight excluding hydrogens is 281 g/mol. The summed E-state index contributed by atoms with van der Waals surface area (Å²) < 4.78 is 13.2. The maximum Gasteiger partial charge on any atom is 0.123 e. The van der Waals surface area contributed by atoms with Gasteiger partial charge in [0.2, 0.25) is 0 Å². The van der Waals surface area contributed by atoms with Crippen molar-refractivity contribution in [3.8, 4) is 0 Å².